The number of rotatable bonds is 2. The fourth-order valence-electron chi connectivity index (χ4n) is 3.32. The quantitative estimate of drug-likeness (QED) is 0.679. The van der Waals surface area contributed by atoms with Gasteiger partial charge in [0.2, 0.25) is 0 Å². The van der Waals surface area contributed by atoms with E-state index in [2.05, 4.69) is 27.7 Å². The summed E-state index contributed by atoms with van der Waals surface area (Å²) >= 11 is 0. The van der Waals surface area contributed by atoms with Crippen LogP contribution in [0, 0.1) is 10.8 Å². The van der Waals surface area contributed by atoms with E-state index >= 15 is 0 Å². The zero-order valence-electron chi connectivity index (χ0n) is 9.80. The predicted molar refractivity (Wildman–Crippen MR) is 56.3 cm³/mol. The van der Waals surface area contributed by atoms with Gasteiger partial charge < -0.3 is 9.47 Å². The molecule has 0 aliphatic carbocycles. The maximum atomic E-state index is 6.15. The highest BCUT2D eigenvalue weighted by Crippen LogP contribution is 2.58. The van der Waals surface area contributed by atoms with Crippen LogP contribution in [0.4, 0.5) is 0 Å². The normalized spacial score (nSPS) is 52.3. The van der Waals surface area contributed by atoms with Gasteiger partial charge in [-0.1, -0.05) is 27.7 Å². The smallest absolute Gasteiger partial charge is 0.0659 e. The second-order valence-electron chi connectivity index (χ2n) is 5.26. The first-order valence-corrected chi connectivity index (χ1v) is 5.81. The minimum Gasteiger partial charge on any atom is -0.380 e. The Morgan fingerprint density at radius 2 is 1.43 bits per heavy atom. The molecule has 0 aromatic rings. The molecule has 2 aliphatic rings. The van der Waals surface area contributed by atoms with E-state index in [0.717, 1.165) is 26.1 Å². The van der Waals surface area contributed by atoms with Gasteiger partial charge in [-0.05, 0) is 12.8 Å². The van der Waals surface area contributed by atoms with Gasteiger partial charge in [0.25, 0.3) is 0 Å². The van der Waals surface area contributed by atoms with Gasteiger partial charge in [0.1, 0.15) is 0 Å². The first-order chi connectivity index (χ1) is 6.58. The minimum atomic E-state index is 0.239. The van der Waals surface area contributed by atoms with Crippen LogP contribution in [0.15, 0.2) is 0 Å². The summed E-state index contributed by atoms with van der Waals surface area (Å²) in [5.74, 6) is 0. The van der Waals surface area contributed by atoms with E-state index in [1.165, 1.54) is 0 Å². The highest BCUT2D eigenvalue weighted by Gasteiger charge is 2.63. The Balaban J connectivity index is 2.32. The van der Waals surface area contributed by atoms with Crippen LogP contribution in [0.1, 0.15) is 40.5 Å². The molecule has 0 saturated carbocycles. The molecule has 2 heteroatoms. The molecule has 2 saturated heterocycles. The van der Waals surface area contributed by atoms with Gasteiger partial charge in [0.15, 0.2) is 0 Å². The third-order valence-electron chi connectivity index (χ3n) is 4.60. The van der Waals surface area contributed by atoms with Crippen molar-refractivity contribution in [3.05, 3.63) is 0 Å². The van der Waals surface area contributed by atoms with Crippen molar-refractivity contribution in [3.63, 3.8) is 0 Å². The van der Waals surface area contributed by atoms with Crippen molar-refractivity contribution < 1.29 is 9.47 Å². The summed E-state index contributed by atoms with van der Waals surface area (Å²) in [6.07, 6.45) is 2.98. The highest BCUT2D eigenvalue weighted by atomic mass is 16.5. The van der Waals surface area contributed by atoms with Gasteiger partial charge in [0.05, 0.1) is 25.4 Å². The van der Waals surface area contributed by atoms with Crippen LogP contribution in [0.25, 0.3) is 0 Å². The number of ether oxygens (including phenoxy) is 2. The lowest BCUT2D eigenvalue weighted by atomic mass is 9.64. The number of fused-ring (bicyclic) bond motifs is 1. The fourth-order valence-corrected chi connectivity index (χ4v) is 3.32. The van der Waals surface area contributed by atoms with Crippen molar-refractivity contribution in [3.8, 4) is 0 Å². The molecule has 0 bridgehead atoms. The molecule has 2 aliphatic heterocycles. The topological polar surface area (TPSA) is 18.5 Å². The van der Waals surface area contributed by atoms with Crippen LogP contribution in [-0.4, -0.2) is 25.4 Å². The van der Waals surface area contributed by atoms with Crippen LogP contribution in [-0.2, 0) is 9.47 Å². The van der Waals surface area contributed by atoms with Crippen molar-refractivity contribution in [2.45, 2.75) is 52.7 Å². The van der Waals surface area contributed by atoms with E-state index < -0.39 is 0 Å². The largest absolute Gasteiger partial charge is 0.380 e. The maximum Gasteiger partial charge on any atom is 0.0659 e. The molecule has 0 N–H and O–H groups in total. The fraction of sp³-hybridized carbons (Fsp3) is 1.00. The summed E-state index contributed by atoms with van der Waals surface area (Å²) in [5.41, 5.74) is 0.477. The number of hydrogen-bond acceptors (Lipinski definition) is 2. The Morgan fingerprint density at radius 3 is 1.79 bits per heavy atom. The van der Waals surface area contributed by atoms with Gasteiger partial charge in [-0.15, -0.1) is 0 Å². The molecule has 82 valence electrons. The van der Waals surface area contributed by atoms with E-state index in [0.29, 0.717) is 12.2 Å². The molecular weight excluding hydrogens is 176 g/mol. The lowest BCUT2D eigenvalue weighted by molar-refractivity contribution is -0.0255. The Kier molecular flexibility index (Phi) is 2.39. The average Bonchev–Trinajstić information content (AvgIpc) is 2.55. The second-order valence-corrected chi connectivity index (χ2v) is 5.26. The van der Waals surface area contributed by atoms with Crippen molar-refractivity contribution >= 4 is 0 Å². The highest BCUT2D eigenvalue weighted by molar-refractivity contribution is 5.09. The average molecular weight is 198 g/mol. The first-order valence-electron chi connectivity index (χ1n) is 5.81. The molecule has 0 aromatic carbocycles. The van der Waals surface area contributed by atoms with E-state index in [1.807, 2.05) is 0 Å². The first kappa shape index (κ1) is 10.4. The van der Waals surface area contributed by atoms with Crippen molar-refractivity contribution in [2.75, 3.05) is 13.2 Å². The van der Waals surface area contributed by atoms with Crippen LogP contribution >= 0.6 is 0 Å². The molecule has 0 spiro atoms. The SMILES string of the molecule is CCC1OC(CC)C2(C)COCC12C. The van der Waals surface area contributed by atoms with Crippen LogP contribution in [0.5, 0.6) is 0 Å². The summed E-state index contributed by atoms with van der Waals surface area (Å²) in [4.78, 5) is 0. The van der Waals surface area contributed by atoms with Crippen LogP contribution in [0.3, 0.4) is 0 Å². The molecule has 0 aromatic heterocycles. The lowest BCUT2D eigenvalue weighted by Gasteiger charge is -2.35. The van der Waals surface area contributed by atoms with E-state index in [1.54, 1.807) is 0 Å². The van der Waals surface area contributed by atoms with Crippen LogP contribution in [0.2, 0.25) is 0 Å². The maximum absolute atomic E-state index is 6.15. The van der Waals surface area contributed by atoms with Gasteiger partial charge in [0, 0.05) is 10.8 Å². The molecular formula is C12H22O2. The Morgan fingerprint density at radius 1 is 1.00 bits per heavy atom. The summed E-state index contributed by atoms with van der Waals surface area (Å²) < 4.78 is 11.9. The molecule has 2 heterocycles. The van der Waals surface area contributed by atoms with Crippen molar-refractivity contribution in [1.82, 2.24) is 0 Å². The molecule has 0 radical (unpaired) electrons. The van der Waals surface area contributed by atoms with Gasteiger partial charge in [-0.3, -0.25) is 0 Å². The molecule has 4 unspecified atom stereocenters. The third-order valence-corrected chi connectivity index (χ3v) is 4.60. The second kappa shape index (κ2) is 3.21. The molecule has 14 heavy (non-hydrogen) atoms. The monoisotopic (exact) mass is 198 g/mol. The molecule has 2 fully saturated rings. The Hall–Kier alpha value is -0.0800. The lowest BCUT2D eigenvalue weighted by Crippen LogP contribution is -2.41. The summed E-state index contributed by atoms with van der Waals surface area (Å²) in [5, 5.41) is 0. The van der Waals surface area contributed by atoms with Gasteiger partial charge >= 0.3 is 0 Å². The standard InChI is InChI=1S/C12H22O2/c1-5-9-11(3)7-13-8-12(11,4)10(6-2)14-9/h9-10H,5-8H2,1-4H3. The third kappa shape index (κ3) is 1.04. The summed E-state index contributed by atoms with van der Waals surface area (Å²) in [7, 11) is 0. The van der Waals surface area contributed by atoms with Gasteiger partial charge in [-0.25, -0.2) is 0 Å². The van der Waals surface area contributed by atoms with E-state index in [9.17, 15) is 0 Å². The Labute approximate surface area is 87.0 Å². The minimum absolute atomic E-state index is 0.239. The molecule has 2 rings (SSSR count). The predicted octanol–water partition coefficient (Wildman–Crippen LogP) is 2.62. The molecule has 2 nitrogen and oxygen atoms in total. The molecule has 0 amide bonds. The Bertz CT molecular complexity index is 206. The van der Waals surface area contributed by atoms with E-state index in [4.69, 9.17) is 9.47 Å². The molecule has 4 atom stereocenters. The zero-order valence-corrected chi connectivity index (χ0v) is 9.80. The van der Waals surface area contributed by atoms with Crippen molar-refractivity contribution in [1.29, 1.82) is 0 Å². The van der Waals surface area contributed by atoms with Crippen LogP contribution < -0.4 is 0 Å². The summed E-state index contributed by atoms with van der Waals surface area (Å²) in [6.45, 7) is 10.9. The van der Waals surface area contributed by atoms with Gasteiger partial charge in [-0.2, -0.15) is 0 Å². The van der Waals surface area contributed by atoms with E-state index in [-0.39, 0.29) is 10.8 Å². The number of hydrogen-bond donors (Lipinski definition) is 0. The van der Waals surface area contributed by atoms with Crippen molar-refractivity contribution in [2.24, 2.45) is 10.8 Å². The zero-order chi connectivity index (χ0) is 10.4. The summed E-state index contributed by atoms with van der Waals surface area (Å²) in [6, 6.07) is 0.